The quantitative estimate of drug-likeness (QED) is 0.601. The van der Waals surface area contributed by atoms with Gasteiger partial charge in [0.1, 0.15) is 5.15 Å². The largest absolute Gasteiger partial charge is 0.324 e. The summed E-state index contributed by atoms with van der Waals surface area (Å²) in [6.45, 7) is 0.369. The number of anilines is 1. The van der Waals surface area contributed by atoms with Crippen molar-refractivity contribution in [3.05, 3.63) is 51.7 Å². The number of hydrogen-bond donors (Lipinski definition) is 1. The van der Waals surface area contributed by atoms with Gasteiger partial charge in [-0.3, -0.25) is 4.79 Å². The van der Waals surface area contributed by atoms with Crippen LogP contribution < -0.4 is 5.32 Å². The molecular weight excluding hydrogens is 419 g/mol. The molecule has 7 nitrogen and oxygen atoms in total. The minimum absolute atomic E-state index is 0.175. The minimum atomic E-state index is -0.183. The van der Waals surface area contributed by atoms with Crippen LogP contribution in [0.5, 0.6) is 0 Å². The lowest BCUT2D eigenvalue weighted by Gasteiger charge is -2.07. The fourth-order valence-corrected chi connectivity index (χ4v) is 3.31. The zero-order chi connectivity index (χ0) is 18.7. The lowest BCUT2D eigenvalue weighted by Crippen LogP contribution is -2.15. The highest BCUT2D eigenvalue weighted by Crippen LogP contribution is 2.23. The summed E-state index contributed by atoms with van der Waals surface area (Å²) in [6.07, 6.45) is 1.53. The first-order valence-corrected chi connectivity index (χ1v) is 9.49. The number of hydrogen-bond acceptors (Lipinski definition) is 5. The number of imidazole rings is 1. The zero-order valence-electron chi connectivity index (χ0n) is 13.5. The molecule has 26 heavy (non-hydrogen) atoms. The smallest absolute Gasteiger partial charge is 0.234 e. The van der Waals surface area contributed by atoms with Gasteiger partial charge in [-0.25, -0.2) is 4.98 Å². The second-order valence-electron chi connectivity index (χ2n) is 5.23. The predicted octanol–water partition coefficient (Wildman–Crippen LogP) is 3.75. The summed E-state index contributed by atoms with van der Waals surface area (Å²) in [5.41, 5.74) is 0.574. The standard InChI is InChI=1S/C15H13Cl3N6OS/c1-23-11(6-24-8-19-13(17)14(24)18)21-22-15(23)26-7-12(25)20-10-5-3-2-4-9(10)16/h2-5,8H,6-7H2,1H3,(H,20,25). The Labute approximate surface area is 168 Å². The molecule has 0 aliphatic heterocycles. The van der Waals surface area contributed by atoms with E-state index < -0.39 is 0 Å². The van der Waals surface area contributed by atoms with E-state index in [1.807, 2.05) is 7.05 Å². The first kappa shape index (κ1) is 19.0. The van der Waals surface area contributed by atoms with E-state index in [4.69, 9.17) is 34.8 Å². The van der Waals surface area contributed by atoms with Crippen molar-refractivity contribution in [3.63, 3.8) is 0 Å². The fourth-order valence-electron chi connectivity index (χ4n) is 2.09. The third kappa shape index (κ3) is 4.32. The van der Waals surface area contributed by atoms with Crippen LogP contribution in [-0.2, 0) is 18.4 Å². The lowest BCUT2D eigenvalue weighted by atomic mass is 10.3. The number of aromatic nitrogens is 5. The molecule has 0 aliphatic rings. The maximum atomic E-state index is 12.1. The number of para-hydroxylation sites is 1. The molecule has 0 saturated heterocycles. The minimum Gasteiger partial charge on any atom is -0.324 e. The first-order valence-electron chi connectivity index (χ1n) is 7.37. The number of benzene rings is 1. The maximum Gasteiger partial charge on any atom is 0.234 e. The molecule has 1 aromatic carbocycles. The van der Waals surface area contributed by atoms with E-state index in [0.29, 0.717) is 33.4 Å². The van der Waals surface area contributed by atoms with Crippen molar-refractivity contribution in [2.24, 2.45) is 7.05 Å². The van der Waals surface area contributed by atoms with Crippen LogP contribution in [0.2, 0.25) is 15.3 Å². The number of nitrogens with zero attached hydrogens (tertiary/aromatic N) is 5. The number of nitrogens with one attached hydrogen (secondary N) is 1. The van der Waals surface area contributed by atoms with Crippen LogP contribution in [0.25, 0.3) is 0 Å². The molecule has 1 amide bonds. The van der Waals surface area contributed by atoms with E-state index in [0.717, 1.165) is 0 Å². The highest BCUT2D eigenvalue weighted by Gasteiger charge is 2.14. The Morgan fingerprint density at radius 2 is 2.00 bits per heavy atom. The molecule has 0 bridgehead atoms. The number of rotatable bonds is 6. The van der Waals surface area contributed by atoms with Gasteiger partial charge in [0.25, 0.3) is 0 Å². The van der Waals surface area contributed by atoms with E-state index in [-0.39, 0.29) is 16.8 Å². The SMILES string of the molecule is Cn1c(Cn2cnc(Cl)c2Cl)nnc1SCC(=O)Nc1ccccc1Cl. The molecule has 3 rings (SSSR count). The molecule has 2 aromatic heterocycles. The van der Waals surface area contributed by atoms with Gasteiger partial charge in [0.15, 0.2) is 16.1 Å². The maximum absolute atomic E-state index is 12.1. The predicted molar refractivity (Wildman–Crippen MR) is 103 cm³/mol. The summed E-state index contributed by atoms with van der Waals surface area (Å²) >= 11 is 19.2. The Balaban J connectivity index is 1.61. The van der Waals surface area contributed by atoms with E-state index in [1.54, 1.807) is 33.4 Å². The van der Waals surface area contributed by atoms with Gasteiger partial charge < -0.3 is 14.5 Å². The van der Waals surface area contributed by atoms with E-state index in [1.165, 1.54) is 18.1 Å². The van der Waals surface area contributed by atoms with Crippen LogP contribution in [0.3, 0.4) is 0 Å². The molecule has 0 unspecified atom stereocenters. The molecule has 0 saturated carbocycles. The van der Waals surface area contributed by atoms with Gasteiger partial charge in [-0.05, 0) is 12.1 Å². The highest BCUT2D eigenvalue weighted by molar-refractivity contribution is 7.99. The van der Waals surface area contributed by atoms with E-state index in [9.17, 15) is 4.79 Å². The molecule has 0 fully saturated rings. The normalized spacial score (nSPS) is 10.9. The Hall–Kier alpha value is -1.74. The molecule has 136 valence electrons. The Morgan fingerprint density at radius 3 is 2.69 bits per heavy atom. The van der Waals surface area contributed by atoms with Gasteiger partial charge in [-0.2, -0.15) is 0 Å². The van der Waals surface area contributed by atoms with Crippen LogP contribution in [0.1, 0.15) is 5.82 Å². The van der Waals surface area contributed by atoms with Crippen molar-refractivity contribution < 1.29 is 4.79 Å². The first-order chi connectivity index (χ1) is 12.5. The molecule has 1 N–H and O–H groups in total. The number of carbonyl (C=O) groups is 1. The topological polar surface area (TPSA) is 77.6 Å². The molecule has 0 spiro atoms. The number of thioether (sulfide) groups is 1. The van der Waals surface area contributed by atoms with Crippen molar-refractivity contribution in [1.29, 1.82) is 0 Å². The molecule has 2 heterocycles. The van der Waals surface area contributed by atoms with Crippen molar-refractivity contribution in [2.75, 3.05) is 11.1 Å². The molecule has 11 heteroatoms. The van der Waals surface area contributed by atoms with Crippen LogP contribution in [0, 0.1) is 0 Å². The van der Waals surface area contributed by atoms with Gasteiger partial charge in [-0.1, -0.05) is 58.7 Å². The van der Waals surface area contributed by atoms with Gasteiger partial charge in [0.2, 0.25) is 5.91 Å². The fraction of sp³-hybridized carbons (Fsp3) is 0.200. The van der Waals surface area contributed by atoms with Crippen molar-refractivity contribution in [1.82, 2.24) is 24.3 Å². The summed E-state index contributed by atoms with van der Waals surface area (Å²) in [5, 5.41) is 12.7. The Kier molecular flexibility index (Phi) is 6.08. The van der Waals surface area contributed by atoms with E-state index >= 15 is 0 Å². The van der Waals surface area contributed by atoms with Crippen molar-refractivity contribution >= 4 is 58.2 Å². The zero-order valence-corrected chi connectivity index (χ0v) is 16.6. The number of amides is 1. The van der Waals surface area contributed by atoms with E-state index in [2.05, 4.69) is 20.5 Å². The third-order valence-corrected chi connectivity index (χ3v) is 5.57. The average Bonchev–Trinajstić information content (AvgIpc) is 3.13. The Bertz CT molecular complexity index is 941. The highest BCUT2D eigenvalue weighted by atomic mass is 35.5. The second kappa shape index (κ2) is 8.30. The van der Waals surface area contributed by atoms with Gasteiger partial charge in [-0.15, -0.1) is 10.2 Å². The van der Waals surface area contributed by atoms with Crippen molar-refractivity contribution in [3.8, 4) is 0 Å². The van der Waals surface area contributed by atoms with Gasteiger partial charge >= 0.3 is 0 Å². The number of carbonyl (C=O) groups excluding carboxylic acids is 1. The summed E-state index contributed by atoms with van der Waals surface area (Å²) in [7, 11) is 1.82. The van der Waals surface area contributed by atoms with Crippen molar-refractivity contribution in [2.45, 2.75) is 11.7 Å². The molecular formula is C15H13Cl3N6OS. The average molecular weight is 432 g/mol. The van der Waals surface area contributed by atoms with Gasteiger partial charge in [0, 0.05) is 7.05 Å². The second-order valence-corrected chi connectivity index (χ2v) is 7.29. The Morgan fingerprint density at radius 1 is 1.23 bits per heavy atom. The van der Waals surface area contributed by atoms with Gasteiger partial charge in [0.05, 0.1) is 29.3 Å². The van der Waals surface area contributed by atoms with Crippen LogP contribution in [0.15, 0.2) is 35.7 Å². The summed E-state index contributed by atoms with van der Waals surface area (Å²) in [6, 6.07) is 7.06. The van der Waals surface area contributed by atoms with Crippen LogP contribution in [0.4, 0.5) is 5.69 Å². The monoisotopic (exact) mass is 430 g/mol. The summed E-state index contributed by atoms with van der Waals surface area (Å²) in [4.78, 5) is 16.0. The van der Waals surface area contributed by atoms with Crippen LogP contribution >= 0.6 is 46.6 Å². The molecule has 0 aliphatic carbocycles. The molecule has 3 aromatic rings. The molecule has 0 atom stereocenters. The molecule has 0 radical (unpaired) electrons. The summed E-state index contributed by atoms with van der Waals surface area (Å²) in [5.74, 6) is 0.654. The summed E-state index contributed by atoms with van der Waals surface area (Å²) < 4.78 is 3.45. The third-order valence-electron chi connectivity index (χ3n) is 3.45. The number of halogens is 3. The van der Waals surface area contributed by atoms with Crippen LogP contribution in [-0.4, -0.2) is 36.0 Å². The lowest BCUT2D eigenvalue weighted by molar-refractivity contribution is -0.113.